The molecule has 0 radical (unpaired) electrons. The first-order chi connectivity index (χ1) is 9.34. The molecule has 0 amide bonds. The summed E-state index contributed by atoms with van der Waals surface area (Å²) in [7, 11) is 0. The van der Waals surface area contributed by atoms with E-state index in [0.29, 0.717) is 24.3 Å². The van der Waals surface area contributed by atoms with Crippen LogP contribution in [0.25, 0.3) is 0 Å². The lowest BCUT2D eigenvalue weighted by Crippen LogP contribution is -2.39. The number of benzene rings is 1. The summed E-state index contributed by atoms with van der Waals surface area (Å²) in [5, 5.41) is 0. The molecule has 1 atom stereocenters. The highest BCUT2D eigenvalue weighted by Gasteiger charge is 2.16. The molecule has 0 aliphatic carbocycles. The summed E-state index contributed by atoms with van der Waals surface area (Å²) in [5.74, 6) is -0.0598. The van der Waals surface area contributed by atoms with Crippen molar-refractivity contribution < 1.29 is 9.13 Å². The highest BCUT2D eigenvalue weighted by molar-refractivity contribution is 5.36. The van der Waals surface area contributed by atoms with Gasteiger partial charge in [-0.3, -0.25) is 4.90 Å². The van der Waals surface area contributed by atoms with Gasteiger partial charge in [0.25, 0.3) is 0 Å². The second-order valence-corrected chi connectivity index (χ2v) is 5.72. The minimum absolute atomic E-state index is 0.244. The molecular formula is C16H27FN2O. The van der Waals surface area contributed by atoms with Crippen LogP contribution >= 0.6 is 0 Å². The standard InChI is InChI=1S/C16H27FN2O/c1-11(2)19(12(3)4)9-10-20-16-14(13(5)18)7-6-8-15(16)17/h6-8,11-13H,9-10,18H2,1-5H3/t13-/m1/s1. The van der Waals surface area contributed by atoms with Crippen LogP contribution in [0.15, 0.2) is 18.2 Å². The van der Waals surface area contributed by atoms with Crippen LogP contribution in [0, 0.1) is 5.82 Å². The molecule has 20 heavy (non-hydrogen) atoms. The Morgan fingerprint density at radius 2 is 1.75 bits per heavy atom. The summed E-state index contributed by atoms with van der Waals surface area (Å²) in [6.07, 6.45) is 0. The van der Waals surface area contributed by atoms with E-state index in [1.165, 1.54) is 6.07 Å². The predicted octanol–water partition coefficient (Wildman–Crippen LogP) is 3.34. The smallest absolute Gasteiger partial charge is 0.165 e. The summed E-state index contributed by atoms with van der Waals surface area (Å²) in [6.45, 7) is 11.6. The van der Waals surface area contributed by atoms with Crippen LogP contribution in [0.1, 0.15) is 46.2 Å². The van der Waals surface area contributed by atoms with Gasteiger partial charge in [-0.05, 0) is 40.7 Å². The van der Waals surface area contributed by atoms with Gasteiger partial charge in [0.1, 0.15) is 6.61 Å². The molecule has 0 aliphatic rings. The Bertz CT molecular complexity index is 411. The molecule has 0 saturated carbocycles. The SMILES string of the molecule is CC(C)N(CCOc1c(F)cccc1[C@@H](C)N)C(C)C. The second-order valence-electron chi connectivity index (χ2n) is 5.72. The van der Waals surface area contributed by atoms with Crippen LogP contribution in [0.2, 0.25) is 0 Å². The van der Waals surface area contributed by atoms with E-state index in [9.17, 15) is 4.39 Å². The van der Waals surface area contributed by atoms with Crippen molar-refractivity contribution >= 4 is 0 Å². The van der Waals surface area contributed by atoms with Gasteiger partial charge in [-0.2, -0.15) is 0 Å². The molecule has 114 valence electrons. The number of hydrogen-bond acceptors (Lipinski definition) is 3. The topological polar surface area (TPSA) is 38.5 Å². The third-order valence-electron chi connectivity index (χ3n) is 3.41. The highest BCUT2D eigenvalue weighted by Crippen LogP contribution is 2.27. The zero-order valence-electron chi connectivity index (χ0n) is 13.2. The highest BCUT2D eigenvalue weighted by atomic mass is 19.1. The van der Waals surface area contributed by atoms with Crippen molar-refractivity contribution in [3.8, 4) is 5.75 Å². The first kappa shape index (κ1) is 16.9. The third kappa shape index (κ3) is 4.46. The summed E-state index contributed by atoms with van der Waals surface area (Å²) in [6, 6.07) is 5.51. The van der Waals surface area contributed by atoms with Crippen molar-refractivity contribution in [2.75, 3.05) is 13.2 Å². The van der Waals surface area contributed by atoms with E-state index < -0.39 is 0 Å². The summed E-state index contributed by atoms with van der Waals surface area (Å²) < 4.78 is 19.5. The molecule has 0 spiro atoms. The van der Waals surface area contributed by atoms with Crippen molar-refractivity contribution in [3.63, 3.8) is 0 Å². The molecule has 0 fully saturated rings. The van der Waals surface area contributed by atoms with E-state index in [1.54, 1.807) is 6.07 Å². The van der Waals surface area contributed by atoms with Crippen molar-refractivity contribution in [3.05, 3.63) is 29.6 Å². The monoisotopic (exact) mass is 282 g/mol. The first-order valence-corrected chi connectivity index (χ1v) is 7.27. The first-order valence-electron chi connectivity index (χ1n) is 7.27. The van der Waals surface area contributed by atoms with E-state index in [4.69, 9.17) is 10.5 Å². The molecule has 1 rings (SSSR count). The van der Waals surface area contributed by atoms with Crippen LogP contribution in [-0.2, 0) is 0 Å². The third-order valence-corrected chi connectivity index (χ3v) is 3.41. The number of nitrogens with zero attached hydrogens (tertiary/aromatic N) is 1. The van der Waals surface area contributed by atoms with Crippen LogP contribution in [0.4, 0.5) is 4.39 Å². The number of para-hydroxylation sites is 1. The lowest BCUT2D eigenvalue weighted by atomic mass is 10.1. The molecule has 0 bridgehead atoms. The maximum atomic E-state index is 13.9. The van der Waals surface area contributed by atoms with Gasteiger partial charge in [-0.25, -0.2) is 4.39 Å². The Kier molecular flexibility index (Phi) is 6.43. The molecule has 0 aliphatic heterocycles. The Morgan fingerprint density at radius 3 is 2.25 bits per heavy atom. The van der Waals surface area contributed by atoms with Crippen LogP contribution in [0.3, 0.4) is 0 Å². The van der Waals surface area contributed by atoms with Crippen molar-refractivity contribution in [2.24, 2.45) is 5.73 Å². The molecule has 3 nitrogen and oxygen atoms in total. The minimum atomic E-state index is -0.347. The van der Waals surface area contributed by atoms with Crippen molar-refractivity contribution in [1.29, 1.82) is 0 Å². The van der Waals surface area contributed by atoms with E-state index in [-0.39, 0.29) is 17.6 Å². The Balaban J connectivity index is 2.71. The molecule has 0 heterocycles. The van der Waals surface area contributed by atoms with Gasteiger partial charge in [0, 0.05) is 30.2 Å². The molecular weight excluding hydrogens is 255 g/mol. The lowest BCUT2D eigenvalue weighted by molar-refractivity contribution is 0.139. The van der Waals surface area contributed by atoms with Crippen molar-refractivity contribution in [1.82, 2.24) is 4.90 Å². The van der Waals surface area contributed by atoms with Crippen molar-refractivity contribution in [2.45, 2.75) is 52.7 Å². The Hall–Kier alpha value is -1.13. The minimum Gasteiger partial charge on any atom is -0.489 e. The lowest BCUT2D eigenvalue weighted by Gasteiger charge is -2.30. The van der Waals surface area contributed by atoms with E-state index in [0.717, 1.165) is 6.54 Å². The molecule has 2 N–H and O–H groups in total. The summed E-state index contributed by atoms with van der Waals surface area (Å²) in [4.78, 5) is 2.31. The van der Waals surface area contributed by atoms with Gasteiger partial charge < -0.3 is 10.5 Å². The molecule has 1 aromatic carbocycles. The fourth-order valence-electron chi connectivity index (χ4n) is 2.40. The average molecular weight is 282 g/mol. The molecule has 1 aromatic rings. The zero-order chi connectivity index (χ0) is 15.3. The molecule has 0 saturated heterocycles. The number of hydrogen-bond donors (Lipinski definition) is 1. The summed E-state index contributed by atoms with van der Waals surface area (Å²) >= 11 is 0. The largest absolute Gasteiger partial charge is 0.489 e. The maximum Gasteiger partial charge on any atom is 0.165 e. The van der Waals surface area contributed by atoms with Crippen LogP contribution in [-0.4, -0.2) is 30.1 Å². The maximum absolute atomic E-state index is 13.9. The zero-order valence-corrected chi connectivity index (χ0v) is 13.2. The molecule has 4 heteroatoms. The predicted molar refractivity (Wildman–Crippen MR) is 81.5 cm³/mol. The molecule has 0 aromatic heterocycles. The van der Waals surface area contributed by atoms with E-state index in [1.807, 2.05) is 13.0 Å². The fourth-order valence-corrected chi connectivity index (χ4v) is 2.40. The average Bonchev–Trinajstić information content (AvgIpc) is 2.34. The second kappa shape index (κ2) is 7.60. The Labute approximate surface area is 121 Å². The quantitative estimate of drug-likeness (QED) is 0.833. The van der Waals surface area contributed by atoms with Gasteiger partial charge in [0.2, 0.25) is 0 Å². The fraction of sp³-hybridized carbons (Fsp3) is 0.625. The van der Waals surface area contributed by atoms with E-state index in [2.05, 4.69) is 32.6 Å². The van der Waals surface area contributed by atoms with Gasteiger partial charge >= 0.3 is 0 Å². The Morgan fingerprint density at radius 1 is 1.15 bits per heavy atom. The summed E-state index contributed by atoms with van der Waals surface area (Å²) in [5.41, 5.74) is 6.57. The number of ether oxygens (including phenoxy) is 1. The number of nitrogens with two attached hydrogens (primary N) is 1. The van der Waals surface area contributed by atoms with Gasteiger partial charge in [0.05, 0.1) is 0 Å². The van der Waals surface area contributed by atoms with Gasteiger partial charge in [-0.15, -0.1) is 0 Å². The van der Waals surface area contributed by atoms with E-state index >= 15 is 0 Å². The molecule has 0 unspecified atom stereocenters. The number of halogens is 1. The van der Waals surface area contributed by atoms with Crippen LogP contribution in [0.5, 0.6) is 5.75 Å². The number of rotatable bonds is 7. The normalized spacial score (nSPS) is 13.3. The van der Waals surface area contributed by atoms with Crippen LogP contribution < -0.4 is 10.5 Å². The van der Waals surface area contributed by atoms with Gasteiger partial charge in [0.15, 0.2) is 11.6 Å². The van der Waals surface area contributed by atoms with Gasteiger partial charge in [-0.1, -0.05) is 12.1 Å².